The van der Waals surface area contributed by atoms with Crippen molar-refractivity contribution in [2.75, 3.05) is 32.5 Å². The zero-order chi connectivity index (χ0) is 14.6. The normalized spacial score (nSPS) is 16.6. The van der Waals surface area contributed by atoms with E-state index in [-0.39, 0.29) is 11.4 Å². The first-order valence-electron chi connectivity index (χ1n) is 7.23. The summed E-state index contributed by atoms with van der Waals surface area (Å²) in [6.07, 6.45) is 5.23. The molecule has 1 heterocycles. The SMILES string of the molecule is CCNc1ccc(C(=O)NCC2(N(C)C)CCC2)nc1. The van der Waals surface area contributed by atoms with Crippen LogP contribution in [0, 0.1) is 0 Å². The molecule has 1 aliphatic carbocycles. The first kappa shape index (κ1) is 14.8. The van der Waals surface area contributed by atoms with E-state index < -0.39 is 0 Å². The quantitative estimate of drug-likeness (QED) is 0.831. The number of pyridine rings is 1. The molecular weight excluding hydrogens is 252 g/mol. The second-order valence-electron chi connectivity index (χ2n) is 5.62. The molecule has 1 aromatic heterocycles. The van der Waals surface area contributed by atoms with Crippen LogP contribution in [0.15, 0.2) is 18.3 Å². The van der Waals surface area contributed by atoms with Gasteiger partial charge in [0.05, 0.1) is 11.9 Å². The lowest BCUT2D eigenvalue weighted by molar-refractivity contribution is 0.0556. The number of amides is 1. The van der Waals surface area contributed by atoms with Crippen LogP contribution in [0.4, 0.5) is 5.69 Å². The molecule has 0 saturated heterocycles. The van der Waals surface area contributed by atoms with Gasteiger partial charge < -0.3 is 15.5 Å². The summed E-state index contributed by atoms with van der Waals surface area (Å²) in [6.45, 7) is 3.56. The Labute approximate surface area is 120 Å². The summed E-state index contributed by atoms with van der Waals surface area (Å²) in [7, 11) is 4.16. The Bertz CT molecular complexity index is 451. The molecule has 1 saturated carbocycles. The monoisotopic (exact) mass is 276 g/mol. The number of anilines is 1. The van der Waals surface area contributed by atoms with E-state index in [0.717, 1.165) is 25.1 Å². The molecule has 110 valence electrons. The van der Waals surface area contributed by atoms with Gasteiger partial charge in [-0.2, -0.15) is 0 Å². The van der Waals surface area contributed by atoms with Crippen molar-refractivity contribution in [1.82, 2.24) is 15.2 Å². The highest BCUT2D eigenvalue weighted by molar-refractivity contribution is 5.92. The first-order chi connectivity index (χ1) is 9.57. The average molecular weight is 276 g/mol. The lowest BCUT2D eigenvalue weighted by atomic mass is 9.75. The second kappa shape index (κ2) is 6.22. The lowest BCUT2D eigenvalue weighted by Crippen LogP contribution is -2.57. The lowest BCUT2D eigenvalue weighted by Gasteiger charge is -2.47. The summed E-state index contributed by atoms with van der Waals surface area (Å²) in [5.41, 5.74) is 1.55. The van der Waals surface area contributed by atoms with Gasteiger partial charge in [-0.05, 0) is 52.4 Å². The third kappa shape index (κ3) is 3.10. The van der Waals surface area contributed by atoms with E-state index in [4.69, 9.17) is 0 Å². The Morgan fingerprint density at radius 2 is 2.15 bits per heavy atom. The Morgan fingerprint density at radius 1 is 1.40 bits per heavy atom. The summed E-state index contributed by atoms with van der Waals surface area (Å²) in [5, 5.41) is 6.17. The van der Waals surface area contributed by atoms with Crippen LogP contribution in [0.25, 0.3) is 0 Å². The molecule has 0 radical (unpaired) electrons. The van der Waals surface area contributed by atoms with Crippen molar-refractivity contribution in [1.29, 1.82) is 0 Å². The van der Waals surface area contributed by atoms with Crippen molar-refractivity contribution in [3.05, 3.63) is 24.0 Å². The van der Waals surface area contributed by atoms with E-state index in [0.29, 0.717) is 12.2 Å². The molecule has 1 amide bonds. The zero-order valence-electron chi connectivity index (χ0n) is 12.6. The highest BCUT2D eigenvalue weighted by Gasteiger charge is 2.39. The summed E-state index contributed by atoms with van der Waals surface area (Å²) in [4.78, 5) is 18.5. The maximum atomic E-state index is 12.1. The number of nitrogens with zero attached hydrogens (tertiary/aromatic N) is 2. The van der Waals surface area contributed by atoms with E-state index in [1.165, 1.54) is 6.42 Å². The number of carbonyl (C=O) groups excluding carboxylic acids is 1. The molecule has 0 spiro atoms. The van der Waals surface area contributed by atoms with Gasteiger partial charge in [0.1, 0.15) is 5.69 Å². The topological polar surface area (TPSA) is 57.3 Å². The summed E-state index contributed by atoms with van der Waals surface area (Å²) in [5.74, 6) is -0.0961. The minimum Gasteiger partial charge on any atom is -0.384 e. The zero-order valence-corrected chi connectivity index (χ0v) is 12.6. The van der Waals surface area contributed by atoms with Gasteiger partial charge in [-0.1, -0.05) is 0 Å². The third-order valence-corrected chi connectivity index (χ3v) is 4.19. The molecule has 1 aromatic rings. The van der Waals surface area contributed by atoms with Gasteiger partial charge in [-0.15, -0.1) is 0 Å². The molecule has 0 aliphatic heterocycles. The second-order valence-corrected chi connectivity index (χ2v) is 5.62. The Morgan fingerprint density at radius 3 is 2.60 bits per heavy atom. The van der Waals surface area contributed by atoms with E-state index in [2.05, 4.69) is 34.6 Å². The molecule has 0 atom stereocenters. The molecule has 0 bridgehead atoms. The summed E-state index contributed by atoms with van der Waals surface area (Å²) >= 11 is 0. The predicted molar refractivity (Wildman–Crippen MR) is 81.0 cm³/mol. The average Bonchev–Trinajstić information content (AvgIpc) is 2.38. The Balaban J connectivity index is 1.91. The van der Waals surface area contributed by atoms with Gasteiger partial charge in [0.15, 0.2) is 0 Å². The molecule has 5 nitrogen and oxygen atoms in total. The molecule has 20 heavy (non-hydrogen) atoms. The summed E-state index contributed by atoms with van der Waals surface area (Å²) in [6, 6.07) is 3.65. The van der Waals surface area contributed by atoms with Crippen LogP contribution in [0.3, 0.4) is 0 Å². The van der Waals surface area contributed by atoms with Crippen molar-refractivity contribution in [3.63, 3.8) is 0 Å². The van der Waals surface area contributed by atoms with Crippen LogP contribution in [0.2, 0.25) is 0 Å². The van der Waals surface area contributed by atoms with Gasteiger partial charge in [0.25, 0.3) is 5.91 Å². The van der Waals surface area contributed by atoms with Crippen LogP contribution >= 0.6 is 0 Å². The highest BCUT2D eigenvalue weighted by Crippen LogP contribution is 2.35. The maximum absolute atomic E-state index is 12.1. The largest absolute Gasteiger partial charge is 0.384 e. The van der Waals surface area contributed by atoms with Crippen LogP contribution < -0.4 is 10.6 Å². The molecule has 0 aromatic carbocycles. The van der Waals surface area contributed by atoms with Gasteiger partial charge in [-0.3, -0.25) is 4.79 Å². The first-order valence-corrected chi connectivity index (χ1v) is 7.23. The van der Waals surface area contributed by atoms with Crippen molar-refractivity contribution >= 4 is 11.6 Å². The highest BCUT2D eigenvalue weighted by atomic mass is 16.1. The van der Waals surface area contributed by atoms with E-state index in [1.807, 2.05) is 13.0 Å². The fourth-order valence-corrected chi connectivity index (χ4v) is 2.54. The van der Waals surface area contributed by atoms with Crippen LogP contribution in [0.5, 0.6) is 0 Å². The molecule has 5 heteroatoms. The fourth-order valence-electron chi connectivity index (χ4n) is 2.54. The number of carbonyl (C=O) groups is 1. The summed E-state index contributed by atoms with van der Waals surface area (Å²) < 4.78 is 0. The van der Waals surface area contributed by atoms with Crippen LogP contribution in [0.1, 0.15) is 36.7 Å². The van der Waals surface area contributed by atoms with E-state index >= 15 is 0 Å². The predicted octanol–water partition coefficient (Wildman–Crippen LogP) is 1.73. The smallest absolute Gasteiger partial charge is 0.269 e. The van der Waals surface area contributed by atoms with Gasteiger partial charge in [0.2, 0.25) is 0 Å². The maximum Gasteiger partial charge on any atom is 0.269 e. The van der Waals surface area contributed by atoms with Crippen LogP contribution in [-0.2, 0) is 0 Å². The van der Waals surface area contributed by atoms with Crippen molar-refractivity contribution in [2.24, 2.45) is 0 Å². The molecule has 1 fully saturated rings. The van der Waals surface area contributed by atoms with Crippen molar-refractivity contribution in [3.8, 4) is 0 Å². The number of hydrogen-bond acceptors (Lipinski definition) is 4. The van der Waals surface area contributed by atoms with Crippen LogP contribution in [-0.4, -0.2) is 48.5 Å². The van der Waals surface area contributed by atoms with Crippen molar-refractivity contribution < 1.29 is 4.79 Å². The van der Waals surface area contributed by atoms with Gasteiger partial charge >= 0.3 is 0 Å². The van der Waals surface area contributed by atoms with Gasteiger partial charge in [-0.25, -0.2) is 4.98 Å². The Kier molecular flexibility index (Phi) is 4.60. The number of rotatable bonds is 6. The number of nitrogens with one attached hydrogen (secondary N) is 2. The molecule has 2 N–H and O–H groups in total. The number of aromatic nitrogens is 1. The molecular formula is C15H24N4O. The fraction of sp³-hybridized carbons (Fsp3) is 0.600. The minimum atomic E-state index is -0.0961. The Hall–Kier alpha value is -1.62. The third-order valence-electron chi connectivity index (χ3n) is 4.19. The van der Waals surface area contributed by atoms with Crippen molar-refractivity contribution in [2.45, 2.75) is 31.7 Å². The van der Waals surface area contributed by atoms with E-state index in [1.54, 1.807) is 12.3 Å². The molecule has 1 aliphatic rings. The minimum absolute atomic E-state index is 0.0961. The molecule has 2 rings (SSSR count). The van der Waals surface area contributed by atoms with E-state index in [9.17, 15) is 4.79 Å². The molecule has 0 unspecified atom stereocenters. The van der Waals surface area contributed by atoms with Gasteiger partial charge in [0, 0.05) is 18.6 Å². The number of likely N-dealkylation sites (N-methyl/N-ethyl adjacent to an activating group) is 1. The number of hydrogen-bond donors (Lipinski definition) is 2. The standard InChI is InChI=1S/C15H24N4O/c1-4-16-12-6-7-13(17-10-12)14(20)18-11-15(19(2)3)8-5-9-15/h6-7,10,16H,4-5,8-9,11H2,1-3H3,(H,18,20).